The first-order chi connectivity index (χ1) is 11.1. The Hall–Kier alpha value is -0.300. The van der Waals surface area contributed by atoms with E-state index in [1.165, 1.54) is 51.4 Å². The molecule has 1 rings (SSSR count). The monoisotopic (exact) mass is 347 g/mol. The molecule has 0 atom stereocenters. The van der Waals surface area contributed by atoms with Gasteiger partial charge in [-0.3, -0.25) is 0 Å². The molecule has 0 radical (unpaired) electrons. The van der Waals surface area contributed by atoms with Gasteiger partial charge in [0.25, 0.3) is 0 Å². The van der Waals surface area contributed by atoms with E-state index in [1.54, 1.807) is 24.6 Å². The third-order valence-electron chi connectivity index (χ3n) is 4.85. The summed E-state index contributed by atoms with van der Waals surface area (Å²) < 4.78 is 4.40. The van der Waals surface area contributed by atoms with Crippen LogP contribution in [0, 0.1) is 0 Å². The minimum absolute atomic E-state index is 0.296. The average Bonchev–Trinajstić information content (AvgIpc) is 3.05. The maximum absolute atomic E-state index is 9.91. The molecular formula is C19H42NO2P. The van der Waals surface area contributed by atoms with Crippen LogP contribution in [0.4, 0.5) is 4.79 Å². The first-order valence-electron chi connectivity index (χ1n) is 10.0. The van der Waals surface area contributed by atoms with Crippen LogP contribution in [0.5, 0.6) is 0 Å². The van der Waals surface area contributed by atoms with Crippen molar-refractivity contribution in [2.24, 2.45) is 0 Å². The molecule has 1 aliphatic rings. The standard InChI is InChI=1S/C16H37P.C3H5NO2/c1-5-9-13-17(14-10-6-2,15-11-7-3)16-12-8-4;5-3-4-1-2-6-3/h17H,5-16H2,1-4H3;1-2H2,(H,4,5). The average molecular weight is 348 g/mol. The molecule has 1 amide bonds. The number of alkyl carbamates (subject to hydrolysis) is 1. The van der Waals surface area contributed by atoms with Gasteiger partial charge in [0.2, 0.25) is 0 Å². The van der Waals surface area contributed by atoms with Crippen LogP contribution in [0.15, 0.2) is 0 Å². The summed E-state index contributed by atoms with van der Waals surface area (Å²) in [6.07, 6.45) is 17.8. The molecule has 1 N–H and O–H groups in total. The summed E-state index contributed by atoms with van der Waals surface area (Å²) in [5.41, 5.74) is 0. The van der Waals surface area contributed by atoms with Crippen LogP contribution in [0.2, 0.25) is 0 Å². The SMILES string of the molecule is CCCC[PH](CCCC)(CCCC)CCCC.O=C1NCCO1. The number of cyclic esters (lactones) is 1. The van der Waals surface area contributed by atoms with Gasteiger partial charge in [-0.2, -0.15) is 0 Å². The van der Waals surface area contributed by atoms with Crippen molar-refractivity contribution in [2.45, 2.75) is 79.1 Å². The Morgan fingerprint density at radius 2 is 1.22 bits per heavy atom. The first kappa shape index (κ1) is 22.7. The van der Waals surface area contributed by atoms with Crippen molar-refractivity contribution >= 4 is 13.4 Å². The summed E-state index contributed by atoms with van der Waals surface area (Å²) in [6.45, 7) is 10.6. The van der Waals surface area contributed by atoms with E-state index in [0.29, 0.717) is 13.2 Å². The Morgan fingerprint density at radius 3 is 1.39 bits per heavy atom. The first-order valence-corrected chi connectivity index (χ1v) is 12.9. The normalized spacial score (nSPS) is 14.7. The zero-order valence-corrected chi connectivity index (χ0v) is 17.2. The summed E-state index contributed by atoms with van der Waals surface area (Å²) in [5, 5.41) is 2.46. The van der Waals surface area contributed by atoms with Gasteiger partial charge >= 0.3 is 117 Å². The third kappa shape index (κ3) is 11.8. The topological polar surface area (TPSA) is 38.3 Å². The molecular weight excluding hydrogens is 305 g/mol. The van der Waals surface area contributed by atoms with Gasteiger partial charge < -0.3 is 10.1 Å². The zero-order chi connectivity index (χ0) is 17.4. The number of hydrogen-bond donors (Lipinski definition) is 1. The van der Waals surface area contributed by atoms with Crippen molar-refractivity contribution in [1.29, 1.82) is 0 Å². The van der Waals surface area contributed by atoms with Gasteiger partial charge in [-0.15, -0.1) is 0 Å². The molecule has 0 aliphatic carbocycles. The summed E-state index contributed by atoms with van der Waals surface area (Å²) in [5.74, 6) is 0. The van der Waals surface area contributed by atoms with E-state index in [1.807, 2.05) is 0 Å². The van der Waals surface area contributed by atoms with E-state index in [4.69, 9.17) is 0 Å². The number of nitrogens with one attached hydrogen (secondary N) is 1. The summed E-state index contributed by atoms with van der Waals surface area (Å²) >= 11 is 0. The molecule has 3 nitrogen and oxygen atoms in total. The van der Waals surface area contributed by atoms with Crippen molar-refractivity contribution < 1.29 is 9.53 Å². The molecule has 0 unspecified atom stereocenters. The van der Waals surface area contributed by atoms with Crippen LogP contribution in [0.1, 0.15) is 79.1 Å². The second kappa shape index (κ2) is 15.2. The van der Waals surface area contributed by atoms with E-state index in [2.05, 4.69) is 37.7 Å². The van der Waals surface area contributed by atoms with Crippen molar-refractivity contribution in [2.75, 3.05) is 37.8 Å². The molecule has 0 aromatic carbocycles. The number of rotatable bonds is 12. The number of unbranched alkanes of at least 4 members (excludes halogenated alkanes) is 4. The van der Waals surface area contributed by atoms with E-state index in [9.17, 15) is 4.79 Å². The van der Waals surface area contributed by atoms with E-state index >= 15 is 0 Å². The van der Waals surface area contributed by atoms with Gasteiger partial charge in [-0.05, 0) is 0 Å². The van der Waals surface area contributed by atoms with Crippen molar-refractivity contribution in [1.82, 2.24) is 5.32 Å². The minimum Gasteiger partial charge on any atom is -0.448 e. The van der Waals surface area contributed by atoms with Gasteiger partial charge in [0, 0.05) is 0 Å². The Morgan fingerprint density at radius 1 is 0.826 bits per heavy atom. The van der Waals surface area contributed by atoms with Crippen LogP contribution < -0.4 is 5.32 Å². The summed E-state index contributed by atoms with van der Waals surface area (Å²) in [6, 6.07) is 0. The molecule has 0 saturated carbocycles. The quantitative estimate of drug-likeness (QED) is 0.462. The van der Waals surface area contributed by atoms with E-state index < -0.39 is 7.26 Å². The van der Waals surface area contributed by atoms with E-state index in [-0.39, 0.29) is 6.09 Å². The molecule has 0 spiro atoms. The Kier molecular flexibility index (Phi) is 15.0. The second-order valence-corrected chi connectivity index (χ2v) is 12.0. The fraction of sp³-hybridized carbons (Fsp3) is 0.947. The molecule has 0 bridgehead atoms. The molecule has 1 aliphatic heterocycles. The maximum atomic E-state index is 9.91. The fourth-order valence-corrected chi connectivity index (χ4v) is 9.22. The van der Waals surface area contributed by atoms with Gasteiger partial charge in [0.15, 0.2) is 0 Å². The van der Waals surface area contributed by atoms with Gasteiger partial charge in [0.05, 0.1) is 6.54 Å². The molecule has 0 aromatic rings. The number of hydrogen-bond acceptors (Lipinski definition) is 2. The minimum atomic E-state index is -0.879. The van der Waals surface area contributed by atoms with Crippen molar-refractivity contribution in [3.8, 4) is 0 Å². The Labute approximate surface area is 145 Å². The molecule has 1 saturated heterocycles. The largest absolute Gasteiger partial charge is 0.448 e. The molecule has 4 heteroatoms. The predicted molar refractivity (Wildman–Crippen MR) is 107 cm³/mol. The molecule has 0 aromatic heterocycles. The van der Waals surface area contributed by atoms with Crippen molar-refractivity contribution in [3.63, 3.8) is 0 Å². The zero-order valence-electron chi connectivity index (χ0n) is 16.2. The summed E-state index contributed by atoms with van der Waals surface area (Å²) in [4.78, 5) is 9.91. The predicted octanol–water partition coefficient (Wildman–Crippen LogP) is 5.66. The van der Waals surface area contributed by atoms with Gasteiger partial charge in [0.1, 0.15) is 6.61 Å². The Balaban J connectivity index is 0.000000664. The van der Waals surface area contributed by atoms with Crippen LogP contribution in [0.25, 0.3) is 0 Å². The molecule has 23 heavy (non-hydrogen) atoms. The van der Waals surface area contributed by atoms with Crippen LogP contribution in [-0.4, -0.2) is 43.9 Å². The van der Waals surface area contributed by atoms with Gasteiger partial charge in [-0.1, -0.05) is 0 Å². The summed E-state index contributed by atoms with van der Waals surface area (Å²) in [7, 11) is -0.879. The number of ether oxygens (including phenoxy) is 1. The Bertz CT molecular complexity index is 239. The number of carbonyl (C=O) groups excluding carboxylic acids is 1. The molecule has 140 valence electrons. The molecule has 1 fully saturated rings. The fourth-order valence-electron chi connectivity index (χ4n) is 3.30. The third-order valence-corrected chi connectivity index (χ3v) is 10.5. The van der Waals surface area contributed by atoms with Crippen LogP contribution in [-0.2, 0) is 4.74 Å². The van der Waals surface area contributed by atoms with E-state index in [0.717, 1.165) is 0 Å². The van der Waals surface area contributed by atoms with Crippen LogP contribution >= 0.6 is 7.26 Å². The number of carbonyl (C=O) groups is 1. The van der Waals surface area contributed by atoms with Crippen molar-refractivity contribution in [3.05, 3.63) is 0 Å². The van der Waals surface area contributed by atoms with Gasteiger partial charge in [-0.25, -0.2) is 4.79 Å². The maximum Gasteiger partial charge on any atom is 0.407 e. The molecule has 1 heterocycles. The second-order valence-electron chi connectivity index (χ2n) is 6.98. The number of amides is 1. The smallest absolute Gasteiger partial charge is 0.407 e. The van der Waals surface area contributed by atoms with Crippen LogP contribution in [0.3, 0.4) is 0 Å².